The standard InChI is InChI=1S/C18H24N2O2S/c1-15(20-11-9-19(2)10-12-20)14-23(21,22)18-8-7-16-5-3-4-6-17(16)13-18/h3-8,13,15H,9-12,14H2,1-2H3/t15-/m0/s1. The van der Waals surface area contributed by atoms with E-state index in [2.05, 4.69) is 16.8 Å². The molecule has 0 bridgehead atoms. The summed E-state index contributed by atoms with van der Waals surface area (Å²) in [7, 11) is -1.16. The van der Waals surface area contributed by atoms with Crippen molar-refractivity contribution in [1.82, 2.24) is 9.80 Å². The van der Waals surface area contributed by atoms with E-state index in [-0.39, 0.29) is 11.8 Å². The largest absolute Gasteiger partial charge is 0.304 e. The lowest BCUT2D eigenvalue weighted by Crippen LogP contribution is -2.49. The van der Waals surface area contributed by atoms with Crippen LogP contribution in [-0.4, -0.2) is 63.2 Å². The fourth-order valence-electron chi connectivity index (χ4n) is 3.14. The molecule has 5 heteroatoms. The fourth-order valence-corrected chi connectivity index (χ4v) is 4.76. The highest BCUT2D eigenvalue weighted by Gasteiger charge is 2.25. The predicted octanol–water partition coefficient (Wildman–Crippen LogP) is 2.25. The zero-order chi connectivity index (χ0) is 16.4. The Labute approximate surface area is 138 Å². The summed E-state index contributed by atoms with van der Waals surface area (Å²) >= 11 is 0. The maximum atomic E-state index is 12.8. The first-order valence-electron chi connectivity index (χ1n) is 8.10. The first kappa shape index (κ1) is 16.4. The van der Waals surface area contributed by atoms with Crippen molar-refractivity contribution in [2.75, 3.05) is 39.0 Å². The van der Waals surface area contributed by atoms with Crippen LogP contribution in [0.4, 0.5) is 0 Å². The summed E-state index contributed by atoms with van der Waals surface area (Å²) in [5.74, 6) is 0.176. The van der Waals surface area contributed by atoms with Crippen molar-refractivity contribution in [2.24, 2.45) is 0 Å². The number of nitrogens with zero attached hydrogens (tertiary/aromatic N) is 2. The summed E-state index contributed by atoms with van der Waals surface area (Å²) in [5, 5.41) is 2.04. The molecule has 0 N–H and O–H groups in total. The number of fused-ring (bicyclic) bond motifs is 1. The van der Waals surface area contributed by atoms with Crippen molar-refractivity contribution >= 4 is 20.6 Å². The van der Waals surface area contributed by atoms with Crippen molar-refractivity contribution in [3.05, 3.63) is 42.5 Å². The fraction of sp³-hybridized carbons (Fsp3) is 0.444. The minimum absolute atomic E-state index is 0.0418. The molecule has 0 amide bonds. The highest BCUT2D eigenvalue weighted by Crippen LogP contribution is 2.21. The van der Waals surface area contributed by atoms with E-state index in [0.717, 1.165) is 37.0 Å². The monoisotopic (exact) mass is 332 g/mol. The van der Waals surface area contributed by atoms with Gasteiger partial charge in [0.05, 0.1) is 10.6 Å². The van der Waals surface area contributed by atoms with Crippen LogP contribution in [0.15, 0.2) is 47.4 Å². The van der Waals surface area contributed by atoms with Crippen LogP contribution in [-0.2, 0) is 9.84 Å². The van der Waals surface area contributed by atoms with Gasteiger partial charge in [-0.1, -0.05) is 30.3 Å². The number of sulfone groups is 1. The molecule has 3 rings (SSSR count). The highest BCUT2D eigenvalue weighted by molar-refractivity contribution is 7.91. The molecule has 2 aromatic rings. The van der Waals surface area contributed by atoms with Crippen LogP contribution >= 0.6 is 0 Å². The summed E-state index contributed by atoms with van der Waals surface area (Å²) in [6, 6.07) is 13.3. The van der Waals surface area contributed by atoms with Crippen LogP contribution in [0.3, 0.4) is 0 Å². The average Bonchev–Trinajstić information content (AvgIpc) is 2.54. The lowest BCUT2D eigenvalue weighted by atomic mass is 10.1. The molecule has 0 radical (unpaired) electrons. The molecular weight excluding hydrogens is 308 g/mol. The molecule has 23 heavy (non-hydrogen) atoms. The highest BCUT2D eigenvalue weighted by atomic mass is 32.2. The normalized spacial score (nSPS) is 19.0. The molecule has 0 aromatic heterocycles. The lowest BCUT2D eigenvalue weighted by molar-refractivity contribution is 0.127. The maximum absolute atomic E-state index is 12.8. The minimum Gasteiger partial charge on any atom is -0.304 e. The van der Waals surface area contributed by atoms with Gasteiger partial charge in [-0.2, -0.15) is 0 Å². The Hall–Kier alpha value is -1.43. The SMILES string of the molecule is C[C@@H](CS(=O)(=O)c1ccc2ccccc2c1)N1CCN(C)CC1. The Morgan fingerprint density at radius 2 is 1.65 bits per heavy atom. The second kappa shape index (κ2) is 6.59. The summed E-state index contributed by atoms with van der Waals surface area (Å²) in [5.41, 5.74) is 0. The smallest absolute Gasteiger partial charge is 0.179 e. The summed E-state index contributed by atoms with van der Waals surface area (Å²) in [6.45, 7) is 5.89. The first-order chi connectivity index (χ1) is 11.0. The van der Waals surface area contributed by atoms with Crippen LogP contribution in [0.1, 0.15) is 6.92 Å². The number of hydrogen-bond acceptors (Lipinski definition) is 4. The van der Waals surface area contributed by atoms with E-state index < -0.39 is 9.84 Å². The van der Waals surface area contributed by atoms with Gasteiger partial charge >= 0.3 is 0 Å². The van der Waals surface area contributed by atoms with Crippen molar-refractivity contribution in [3.63, 3.8) is 0 Å². The van der Waals surface area contributed by atoms with Gasteiger partial charge < -0.3 is 4.90 Å². The molecule has 4 nitrogen and oxygen atoms in total. The summed E-state index contributed by atoms with van der Waals surface area (Å²) in [4.78, 5) is 4.98. The number of benzene rings is 2. The van der Waals surface area contributed by atoms with Gasteiger partial charge in [0.1, 0.15) is 0 Å². The quantitative estimate of drug-likeness (QED) is 0.861. The van der Waals surface area contributed by atoms with Gasteiger partial charge in [0.15, 0.2) is 9.84 Å². The summed E-state index contributed by atoms with van der Waals surface area (Å²) < 4.78 is 25.5. The van der Waals surface area contributed by atoms with Gasteiger partial charge in [-0.05, 0) is 36.9 Å². The Bertz CT molecular complexity index is 780. The van der Waals surface area contributed by atoms with E-state index in [1.165, 1.54) is 0 Å². The molecule has 0 saturated carbocycles. The molecule has 1 aliphatic rings. The van der Waals surface area contributed by atoms with E-state index in [0.29, 0.717) is 4.90 Å². The van der Waals surface area contributed by atoms with Gasteiger partial charge in [0, 0.05) is 32.2 Å². The van der Waals surface area contributed by atoms with Gasteiger partial charge in [-0.3, -0.25) is 4.90 Å². The number of likely N-dealkylation sites (N-methyl/N-ethyl adjacent to an activating group) is 1. The third-order valence-corrected chi connectivity index (χ3v) is 6.60. The number of piperazine rings is 1. The molecule has 1 heterocycles. The van der Waals surface area contributed by atoms with Crippen LogP contribution in [0.5, 0.6) is 0 Å². The summed E-state index contributed by atoms with van der Waals surface area (Å²) in [6.07, 6.45) is 0. The second-order valence-electron chi connectivity index (χ2n) is 6.48. The Morgan fingerprint density at radius 1 is 1.00 bits per heavy atom. The van der Waals surface area contributed by atoms with Crippen LogP contribution in [0.25, 0.3) is 10.8 Å². The predicted molar refractivity (Wildman–Crippen MR) is 94.5 cm³/mol. The Morgan fingerprint density at radius 3 is 2.35 bits per heavy atom. The third kappa shape index (κ3) is 3.74. The topological polar surface area (TPSA) is 40.6 Å². The van der Waals surface area contributed by atoms with Gasteiger partial charge in [-0.25, -0.2) is 8.42 Å². The first-order valence-corrected chi connectivity index (χ1v) is 9.75. The molecule has 0 aliphatic carbocycles. The molecule has 1 atom stereocenters. The van der Waals surface area contributed by atoms with Gasteiger partial charge in [0.25, 0.3) is 0 Å². The molecule has 1 saturated heterocycles. The molecule has 1 fully saturated rings. The molecule has 0 unspecified atom stereocenters. The second-order valence-corrected chi connectivity index (χ2v) is 8.51. The lowest BCUT2D eigenvalue weighted by Gasteiger charge is -2.36. The van der Waals surface area contributed by atoms with Crippen LogP contribution < -0.4 is 0 Å². The van der Waals surface area contributed by atoms with Crippen molar-refractivity contribution in [2.45, 2.75) is 17.9 Å². The van der Waals surface area contributed by atoms with Gasteiger partial charge in [-0.15, -0.1) is 0 Å². The van der Waals surface area contributed by atoms with Crippen molar-refractivity contribution in [1.29, 1.82) is 0 Å². The molecule has 124 valence electrons. The van der Waals surface area contributed by atoms with E-state index in [4.69, 9.17) is 0 Å². The Kier molecular flexibility index (Phi) is 4.71. The molecule has 1 aliphatic heterocycles. The average molecular weight is 332 g/mol. The van der Waals surface area contributed by atoms with E-state index >= 15 is 0 Å². The molecule has 0 spiro atoms. The van der Waals surface area contributed by atoms with E-state index in [1.807, 2.05) is 37.3 Å². The van der Waals surface area contributed by atoms with E-state index in [9.17, 15) is 8.42 Å². The third-order valence-electron chi connectivity index (χ3n) is 4.70. The van der Waals surface area contributed by atoms with Crippen LogP contribution in [0, 0.1) is 0 Å². The Balaban J connectivity index is 1.77. The minimum atomic E-state index is -3.27. The van der Waals surface area contributed by atoms with Crippen LogP contribution in [0.2, 0.25) is 0 Å². The maximum Gasteiger partial charge on any atom is 0.179 e. The molecular formula is C18H24N2O2S. The number of hydrogen-bond donors (Lipinski definition) is 0. The molecule has 2 aromatic carbocycles. The zero-order valence-corrected chi connectivity index (χ0v) is 14.6. The van der Waals surface area contributed by atoms with Crippen molar-refractivity contribution in [3.8, 4) is 0 Å². The zero-order valence-electron chi connectivity index (χ0n) is 13.8. The van der Waals surface area contributed by atoms with E-state index in [1.54, 1.807) is 12.1 Å². The number of rotatable bonds is 4. The van der Waals surface area contributed by atoms with Gasteiger partial charge in [0.2, 0.25) is 0 Å². The van der Waals surface area contributed by atoms with Crippen molar-refractivity contribution < 1.29 is 8.42 Å².